The summed E-state index contributed by atoms with van der Waals surface area (Å²) in [7, 11) is 0. The fourth-order valence-corrected chi connectivity index (χ4v) is 4.56. The fraction of sp³-hybridized carbons (Fsp3) is 0.526. The average molecular weight is 331 g/mol. The summed E-state index contributed by atoms with van der Waals surface area (Å²) in [6.45, 7) is 5.54. The second-order valence-corrected chi connectivity index (χ2v) is 7.57. The first-order valence-corrected chi connectivity index (χ1v) is 8.98. The molecule has 3 nitrogen and oxygen atoms in total. The summed E-state index contributed by atoms with van der Waals surface area (Å²) >= 11 is 6.14. The van der Waals surface area contributed by atoms with Gasteiger partial charge in [0.25, 0.3) is 0 Å². The van der Waals surface area contributed by atoms with Gasteiger partial charge < -0.3 is 9.80 Å². The Morgan fingerprint density at radius 2 is 1.91 bits per heavy atom. The zero-order chi connectivity index (χ0) is 16.0. The average Bonchev–Trinajstić information content (AvgIpc) is 3.20. The number of anilines is 1. The molecule has 2 bridgehead atoms. The summed E-state index contributed by atoms with van der Waals surface area (Å²) in [6, 6.07) is 6.04. The van der Waals surface area contributed by atoms with Crippen LogP contribution in [0.15, 0.2) is 30.4 Å². The van der Waals surface area contributed by atoms with Gasteiger partial charge in [-0.2, -0.15) is 0 Å². The normalized spacial score (nSPS) is 29.4. The number of fused-ring (bicyclic) bond motifs is 2. The lowest BCUT2D eigenvalue weighted by Crippen LogP contribution is -2.51. The Morgan fingerprint density at radius 1 is 1.13 bits per heavy atom. The lowest BCUT2D eigenvalue weighted by atomic mass is 9.92. The molecule has 0 radical (unpaired) electrons. The van der Waals surface area contributed by atoms with Crippen molar-refractivity contribution in [1.82, 2.24) is 4.90 Å². The molecule has 1 saturated carbocycles. The Labute approximate surface area is 142 Å². The van der Waals surface area contributed by atoms with Crippen molar-refractivity contribution in [1.29, 1.82) is 0 Å². The van der Waals surface area contributed by atoms with Crippen molar-refractivity contribution in [2.45, 2.75) is 19.8 Å². The number of hydrogen-bond donors (Lipinski definition) is 0. The van der Waals surface area contributed by atoms with Crippen LogP contribution in [0.5, 0.6) is 0 Å². The number of amides is 1. The van der Waals surface area contributed by atoms with E-state index in [1.165, 1.54) is 17.7 Å². The third-order valence-electron chi connectivity index (χ3n) is 5.70. The molecule has 0 N–H and O–H groups in total. The van der Waals surface area contributed by atoms with Crippen LogP contribution in [0.3, 0.4) is 0 Å². The van der Waals surface area contributed by atoms with Crippen LogP contribution in [0, 0.1) is 24.7 Å². The van der Waals surface area contributed by atoms with E-state index in [1.807, 2.05) is 12.1 Å². The van der Waals surface area contributed by atoms with Gasteiger partial charge >= 0.3 is 0 Å². The molecule has 0 unspecified atom stereocenters. The van der Waals surface area contributed by atoms with E-state index in [9.17, 15) is 4.79 Å². The van der Waals surface area contributed by atoms with Crippen LogP contribution in [-0.2, 0) is 4.79 Å². The van der Waals surface area contributed by atoms with Crippen molar-refractivity contribution in [2.24, 2.45) is 17.8 Å². The third kappa shape index (κ3) is 2.76. The van der Waals surface area contributed by atoms with Gasteiger partial charge in [-0.25, -0.2) is 0 Å². The van der Waals surface area contributed by atoms with Gasteiger partial charge in [0.05, 0.1) is 0 Å². The molecule has 2 fully saturated rings. The van der Waals surface area contributed by atoms with Crippen LogP contribution in [-0.4, -0.2) is 37.0 Å². The molecular formula is C19H23ClN2O. The van der Waals surface area contributed by atoms with Crippen molar-refractivity contribution in [3.05, 3.63) is 40.9 Å². The molecule has 1 saturated heterocycles. The van der Waals surface area contributed by atoms with E-state index in [2.05, 4.69) is 34.9 Å². The van der Waals surface area contributed by atoms with Crippen LogP contribution >= 0.6 is 11.6 Å². The van der Waals surface area contributed by atoms with E-state index >= 15 is 0 Å². The van der Waals surface area contributed by atoms with Crippen LogP contribution in [0.25, 0.3) is 0 Å². The van der Waals surface area contributed by atoms with Crippen molar-refractivity contribution in [2.75, 3.05) is 31.1 Å². The van der Waals surface area contributed by atoms with Crippen LogP contribution in [0.1, 0.15) is 18.4 Å². The number of rotatable bonds is 2. The SMILES string of the molecule is Cc1ccc(Cl)cc1N1CCN(C(=O)[C@@H]2C[C@H]3C=C[C@H]2C3)CC1. The van der Waals surface area contributed by atoms with Crippen molar-refractivity contribution in [3.8, 4) is 0 Å². The maximum Gasteiger partial charge on any atom is 0.226 e. The highest BCUT2D eigenvalue weighted by Crippen LogP contribution is 2.44. The van der Waals surface area contributed by atoms with Crippen LogP contribution < -0.4 is 4.90 Å². The highest BCUT2D eigenvalue weighted by molar-refractivity contribution is 6.30. The van der Waals surface area contributed by atoms with Crippen molar-refractivity contribution >= 4 is 23.2 Å². The van der Waals surface area contributed by atoms with Gasteiger partial charge in [-0.3, -0.25) is 4.79 Å². The minimum absolute atomic E-state index is 0.240. The third-order valence-corrected chi connectivity index (χ3v) is 5.93. The fourth-order valence-electron chi connectivity index (χ4n) is 4.39. The van der Waals surface area contributed by atoms with E-state index in [0.29, 0.717) is 17.7 Å². The maximum absolute atomic E-state index is 12.8. The number of aryl methyl sites for hydroxylation is 1. The first-order valence-electron chi connectivity index (χ1n) is 8.60. The van der Waals surface area contributed by atoms with Crippen LogP contribution in [0.4, 0.5) is 5.69 Å². The second-order valence-electron chi connectivity index (χ2n) is 7.13. The number of carbonyl (C=O) groups excluding carboxylic acids is 1. The molecule has 4 heteroatoms. The van der Waals surface area contributed by atoms with E-state index < -0.39 is 0 Å². The maximum atomic E-state index is 12.8. The summed E-state index contributed by atoms with van der Waals surface area (Å²) in [5.41, 5.74) is 2.44. The van der Waals surface area contributed by atoms with Gasteiger partial charge in [0.15, 0.2) is 0 Å². The molecule has 3 aliphatic rings. The summed E-state index contributed by atoms with van der Waals surface area (Å²) in [4.78, 5) is 17.2. The Kier molecular flexibility index (Phi) is 3.84. The predicted octanol–water partition coefficient (Wildman–Crippen LogP) is 3.51. The topological polar surface area (TPSA) is 23.6 Å². The van der Waals surface area contributed by atoms with Crippen molar-refractivity contribution < 1.29 is 4.79 Å². The number of piperazine rings is 1. The van der Waals surface area contributed by atoms with E-state index in [1.54, 1.807) is 0 Å². The van der Waals surface area contributed by atoms with Crippen LogP contribution in [0.2, 0.25) is 5.02 Å². The summed E-state index contributed by atoms with van der Waals surface area (Å²) in [6.07, 6.45) is 6.82. The number of halogens is 1. The first kappa shape index (κ1) is 15.1. The lowest BCUT2D eigenvalue weighted by molar-refractivity contribution is -0.136. The zero-order valence-electron chi connectivity index (χ0n) is 13.5. The smallest absolute Gasteiger partial charge is 0.226 e. The molecule has 4 rings (SSSR count). The number of carbonyl (C=O) groups is 1. The van der Waals surface area contributed by atoms with Gasteiger partial charge in [0, 0.05) is 42.8 Å². The molecule has 3 atom stereocenters. The highest BCUT2D eigenvalue weighted by Gasteiger charge is 2.41. The molecule has 1 aromatic rings. The molecule has 0 spiro atoms. The molecule has 1 amide bonds. The Morgan fingerprint density at radius 3 is 2.57 bits per heavy atom. The lowest BCUT2D eigenvalue weighted by Gasteiger charge is -2.38. The Balaban J connectivity index is 1.40. The molecule has 122 valence electrons. The molecule has 1 aromatic carbocycles. The predicted molar refractivity (Wildman–Crippen MR) is 93.8 cm³/mol. The number of benzene rings is 1. The first-order chi connectivity index (χ1) is 11.1. The minimum Gasteiger partial charge on any atom is -0.368 e. The number of hydrogen-bond acceptors (Lipinski definition) is 2. The summed E-state index contributed by atoms with van der Waals surface area (Å²) < 4.78 is 0. The summed E-state index contributed by atoms with van der Waals surface area (Å²) in [5.74, 6) is 1.78. The monoisotopic (exact) mass is 330 g/mol. The molecular weight excluding hydrogens is 308 g/mol. The van der Waals surface area contributed by atoms with Gasteiger partial charge in [0.2, 0.25) is 5.91 Å². The molecule has 23 heavy (non-hydrogen) atoms. The minimum atomic E-state index is 0.240. The number of nitrogens with zero attached hydrogens (tertiary/aromatic N) is 2. The van der Waals surface area contributed by atoms with Gasteiger partial charge in [-0.15, -0.1) is 0 Å². The van der Waals surface area contributed by atoms with Gasteiger partial charge in [-0.05, 0) is 49.3 Å². The largest absolute Gasteiger partial charge is 0.368 e. The number of allylic oxidation sites excluding steroid dienone is 2. The van der Waals surface area contributed by atoms with Gasteiger partial charge in [0.1, 0.15) is 0 Å². The van der Waals surface area contributed by atoms with E-state index in [4.69, 9.17) is 11.6 Å². The standard InChI is InChI=1S/C19H23ClN2O/c1-13-2-5-16(20)12-18(13)21-6-8-22(9-7-21)19(23)17-11-14-3-4-15(17)10-14/h2-5,12,14-15,17H,6-11H2,1H3/t14-,15-,17+/m0/s1. The Bertz CT molecular complexity index is 649. The van der Waals surface area contributed by atoms with E-state index in [0.717, 1.165) is 37.6 Å². The quantitative estimate of drug-likeness (QED) is 0.775. The molecule has 1 aliphatic heterocycles. The molecule has 1 heterocycles. The van der Waals surface area contributed by atoms with Gasteiger partial charge in [-0.1, -0.05) is 29.8 Å². The van der Waals surface area contributed by atoms with E-state index in [-0.39, 0.29) is 5.92 Å². The Hall–Kier alpha value is -1.48. The van der Waals surface area contributed by atoms with Crippen molar-refractivity contribution in [3.63, 3.8) is 0 Å². The zero-order valence-corrected chi connectivity index (χ0v) is 14.3. The molecule has 2 aliphatic carbocycles. The second kappa shape index (κ2) is 5.86. The molecule has 0 aromatic heterocycles. The summed E-state index contributed by atoms with van der Waals surface area (Å²) in [5, 5.41) is 0.776. The highest BCUT2D eigenvalue weighted by atomic mass is 35.5.